The van der Waals surface area contributed by atoms with Crippen LogP contribution in [0.1, 0.15) is 42.9 Å². The molecule has 1 saturated heterocycles. The standard InChI is InChI=1S/C23H38N4O2/c1-19-5-7-20(8-6-19)21(27-12-15-29-16-13-27)17-25-22(24-2)26-18-23(9-4-10-23)11-14-28-3/h5-8,21H,4,9-18H2,1-3H3,(H2,24,25,26). The van der Waals surface area contributed by atoms with Gasteiger partial charge in [-0.25, -0.2) is 0 Å². The van der Waals surface area contributed by atoms with E-state index in [9.17, 15) is 0 Å². The topological polar surface area (TPSA) is 58.1 Å². The third kappa shape index (κ3) is 6.17. The Hall–Kier alpha value is -1.63. The molecule has 1 heterocycles. The van der Waals surface area contributed by atoms with Crippen LogP contribution in [-0.2, 0) is 9.47 Å². The zero-order chi connectivity index (χ0) is 20.5. The number of guanidine groups is 1. The first kappa shape index (κ1) is 22.1. The summed E-state index contributed by atoms with van der Waals surface area (Å²) in [6.45, 7) is 8.29. The maximum absolute atomic E-state index is 5.57. The molecule has 3 rings (SSSR count). The summed E-state index contributed by atoms with van der Waals surface area (Å²) < 4.78 is 10.9. The Kier molecular flexibility index (Phi) is 8.33. The lowest BCUT2D eigenvalue weighted by Gasteiger charge is -2.42. The van der Waals surface area contributed by atoms with Crippen LogP contribution in [0.2, 0.25) is 0 Å². The van der Waals surface area contributed by atoms with E-state index in [4.69, 9.17) is 9.47 Å². The van der Waals surface area contributed by atoms with Crippen molar-refractivity contribution in [3.05, 3.63) is 35.4 Å². The van der Waals surface area contributed by atoms with Gasteiger partial charge in [0.25, 0.3) is 0 Å². The van der Waals surface area contributed by atoms with Crippen molar-refractivity contribution < 1.29 is 9.47 Å². The maximum atomic E-state index is 5.57. The van der Waals surface area contributed by atoms with E-state index in [0.717, 1.165) is 58.4 Å². The molecular weight excluding hydrogens is 364 g/mol. The van der Waals surface area contributed by atoms with Gasteiger partial charge in [-0.3, -0.25) is 9.89 Å². The quantitative estimate of drug-likeness (QED) is 0.491. The number of ether oxygens (including phenoxy) is 2. The van der Waals surface area contributed by atoms with E-state index in [1.165, 1.54) is 30.4 Å². The Morgan fingerprint density at radius 2 is 1.93 bits per heavy atom. The minimum Gasteiger partial charge on any atom is -0.385 e. The van der Waals surface area contributed by atoms with E-state index in [1.54, 1.807) is 7.11 Å². The van der Waals surface area contributed by atoms with E-state index in [1.807, 2.05) is 7.05 Å². The molecule has 1 atom stereocenters. The van der Waals surface area contributed by atoms with Crippen LogP contribution in [0.15, 0.2) is 29.3 Å². The van der Waals surface area contributed by atoms with Crippen molar-refractivity contribution in [1.82, 2.24) is 15.5 Å². The molecule has 2 N–H and O–H groups in total. The number of aryl methyl sites for hydroxylation is 1. The van der Waals surface area contributed by atoms with Gasteiger partial charge in [-0.1, -0.05) is 36.2 Å². The number of hydrogen-bond acceptors (Lipinski definition) is 4. The molecule has 1 aromatic rings. The molecule has 0 bridgehead atoms. The van der Waals surface area contributed by atoms with Crippen molar-refractivity contribution in [2.75, 3.05) is 60.2 Å². The predicted octanol–water partition coefficient (Wildman–Crippen LogP) is 2.74. The van der Waals surface area contributed by atoms with E-state index in [-0.39, 0.29) is 0 Å². The predicted molar refractivity (Wildman–Crippen MR) is 118 cm³/mol. The first-order valence-electron chi connectivity index (χ1n) is 11.0. The molecule has 1 aromatic carbocycles. The van der Waals surface area contributed by atoms with Gasteiger partial charge < -0.3 is 20.1 Å². The minimum atomic E-state index is 0.309. The molecule has 0 amide bonds. The number of aliphatic imine (C=N–C) groups is 1. The van der Waals surface area contributed by atoms with E-state index in [0.29, 0.717) is 11.5 Å². The summed E-state index contributed by atoms with van der Waals surface area (Å²) >= 11 is 0. The second kappa shape index (κ2) is 11.0. The van der Waals surface area contributed by atoms with Gasteiger partial charge in [0.05, 0.1) is 19.3 Å². The largest absolute Gasteiger partial charge is 0.385 e. The van der Waals surface area contributed by atoms with Crippen LogP contribution in [0.3, 0.4) is 0 Å². The van der Waals surface area contributed by atoms with Crippen molar-refractivity contribution in [2.45, 2.75) is 38.6 Å². The number of nitrogens with zero attached hydrogens (tertiary/aromatic N) is 2. The molecule has 1 unspecified atom stereocenters. The monoisotopic (exact) mass is 402 g/mol. The van der Waals surface area contributed by atoms with Crippen LogP contribution in [-0.4, -0.2) is 71.0 Å². The highest BCUT2D eigenvalue weighted by Gasteiger charge is 2.36. The molecule has 29 heavy (non-hydrogen) atoms. The molecule has 2 aliphatic rings. The molecule has 0 aromatic heterocycles. The molecule has 6 nitrogen and oxygen atoms in total. The van der Waals surface area contributed by atoms with Gasteiger partial charge in [-0.05, 0) is 37.2 Å². The molecule has 1 saturated carbocycles. The number of methoxy groups -OCH3 is 1. The molecule has 0 radical (unpaired) electrons. The van der Waals surface area contributed by atoms with E-state index >= 15 is 0 Å². The fourth-order valence-electron chi connectivity index (χ4n) is 4.33. The summed E-state index contributed by atoms with van der Waals surface area (Å²) in [4.78, 5) is 6.99. The van der Waals surface area contributed by atoms with Crippen molar-refractivity contribution in [3.63, 3.8) is 0 Å². The lowest BCUT2D eigenvalue weighted by Crippen LogP contribution is -2.49. The van der Waals surface area contributed by atoms with Crippen LogP contribution < -0.4 is 10.6 Å². The Labute approximate surface area is 176 Å². The fraction of sp³-hybridized carbons (Fsp3) is 0.696. The summed E-state index contributed by atoms with van der Waals surface area (Å²) in [5.74, 6) is 0.888. The summed E-state index contributed by atoms with van der Waals surface area (Å²) in [6, 6.07) is 9.21. The molecule has 1 aliphatic heterocycles. The lowest BCUT2D eigenvalue weighted by atomic mass is 9.67. The minimum absolute atomic E-state index is 0.309. The third-order valence-electron chi connectivity index (χ3n) is 6.52. The van der Waals surface area contributed by atoms with Gasteiger partial charge >= 0.3 is 0 Å². The summed E-state index contributed by atoms with van der Waals surface area (Å²) in [7, 11) is 3.64. The van der Waals surface area contributed by atoms with Crippen LogP contribution in [0.4, 0.5) is 0 Å². The summed E-state index contributed by atoms with van der Waals surface area (Å²) in [5, 5.41) is 7.16. The second-order valence-electron chi connectivity index (χ2n) is 8.48. The highest BCUT2D eigenvalue weighted by molar-refractivity contribution is 5.79. The van der Waals surface area contributed by atoms with Crippen molar-refractivity contribution >= 4 is 5.96 Å². The van der Waals surface area contributed by atoms with E-state index < -0.39 is 0 Å². The van der Waals surface area contributed by atoms with Crippen molar-refractivity contribution in [1.29, 1.82) is 0 Å². The smallest absolute Gasteiger partial charge is 0.191 e. The SMILES string of the molecule is CN=C(NCC(c1ccc(C)cc1)N1CCOCC1)NCC1(CCOC)CCC1. The van der Waals surface area contributed by atoms with E-state index in [2.05, 4.69) is 51.7 Å². The van der Waals surface area contributed by atoms with Gasteiger partial charge in [0.15, 0.2) is 5.96 Å². The summed E-state index contributed by atoms with van der Waals surface area (Å²) in [5.41, 5.74) is 3.01. The number of hydrogen-bond donors (Lipinski definition) is 2. The highest BCUT2D eigenvalue weighted by atomic mass is 16.5. The summed E-state index contributed by atoms with van der Waals surface area (Å²) in [6.07, 6.45) is 5.00. The zero-order valence-electron chi connectivity index (χ0n) is 18.4. The molecule has 2 fully saturated rings. The fourth-order valence-corrected chi connectivity index (χ4v) is 4.33. The van der Waals surface area contributed by atoms with Gasteiger partial charge in [0.1, 0.15) is 0 Å². The Balaban J connectivity index is 1.58. The first-order chi connectivity index (χ1) is 14.2. The van der Waals surface area contributed by atoms with Crippen LogP contribution in [0, 0.1) is 12.3 Å². The average Bonchev–Trinajstić information content (AvgIpc) is 2.73. The Bertz CT molecular complexity index is 637. The number of morpholine rings is 1. The second-order valence-corrected chi connectivity index (χ2v) is 8.48. The maximum Gasteiger partial charge on any atom is 0.191 e. The number of nitrogens with one attached hydrogen (secondary N) is 2. The van der Waals surface area contributed by atoms with Crippen molar-refractivity contribution in [3.8, 4) is 0 Å². The van der Waals surface area contributed by atoms with Gasteiger partial charge in [-0.2, -0.15) is 0 Å². The normalized spacial score (nSPS) is 20.7. The molecular formula is C23H38N4O2. The molecule has 1 aliphatic carbocycles. The third-order valence-corrected chi connectivity index (χ3v) is 6.52. The van der Waals surface area contributed by atoms with Crippen molar-refractivity contribution in [2.24, 2.45) is 10.4 Å². The lowest BCUT2D eigenvalue weighted by molar-refractivity contribution is 0.0169. The van der Waals surface area contributed by atoms with Crippen LogP contribution >= 0.6 is 0 Å². The molecule has 162 valence electrons. The van der Waals surface area contributed by atoms with Gasteiger partial charge in [-0.15, -0.1) is 0 Å². The Morgan fingerprint density at radius 3 is 2.52 bits per heavy atom. The highest BCUT2D eigenvalue weighted by Crippen LogP contribution is 2.43. The van der Waals surface area contributed by atoms with Gasteiger partial charge in [0, 0.05) is 46.9 Å². The number of benzene rings is 1. The Morgan fingerprint density at radius 1 is 1.21 bits per heavy atom. The zero-order valence-corrected chi connectivity index (χ0v) is 18.4. The molecule has 0 spiro atoms. The van der Waals surface area contributed by atoms with Gasteiger partial charge in [0.2, 0.25) is 0 Å². The van der Waals surface area contributed by atoms with Crippen LogP contribution in [0.5, 0.6) is 0 Å². The first-order valence-corrected chi connectivity index (χ1v) is 11.0. The van der Waals surface area contributed by atoms with Crippen LogP contribution in [0.25, 0.3) is 0 Å². The average molecular weight is 403 g/mol. The molecule has 6 heteroatoms. The number of rotatable bonds is 9.